The largest absolute Gasteiger partial charge is 0.457 e. The van der Waals surface area contributed by atoms with Gasteiger partial charge in [-0.05, 0) is 53.4 Å². The van der Waals surface area contributed by atoms with E-state index in [0.717, 1.165) is 11.1 Å². The fraction of sp³-hybridized carbons (Fsp3) is 0.129. The molecular weight excluding hydrogens is 499 g/mol. The summed E-state index contributed by atoms with van der Waals surface area (Å²) in [7, 11) is 0. The number of hydrogen-bond acceptors (Lipinski definition) is 6. The first-order chi connectivity index (χ1) is 18.9. The fourth-order valence-electron chi connectivity index (χ4n) is 3.75. The van der Waals surface area contributed by atoms with E-state index in [1.807, 2.05) is 60.7 Å². The van der Waals surface area contributed by atoms with E-state index in [4.69, 9.17) is 15.2 Å². The Hall–Kier alpha value is -4.82. The Morgan fingerprint density at radius 1 is 0.692 bits per heavy atom. The number of carbonyl (C=O) groups is 3. The highest BCUT2D eigenvalue weighted by atomic mass is 19.1. The van der Waals surface area contributed by atoms with Gasteiger partial charge in [-0.15, -0.1) is 0 Å². The number of hydrogen-bond donors (Lipinski definition) is 2. The van der Waals surface area contributed by atoms with E-state index < -0.39 is 23.9 Å². The Balaban J connectivity index is 1.51. The number of halogens is 1. The van der Waals surface area contributed by atoms with Crippen molar-refractivity contribution in [3.8, 4) is 0 Å². The number of nitrogens with two attached hydrogens (primary N) is 1. The van der Waals surface area contributed by atoms with E-state index in [1.165, 1.54) is 30.3 Å². The van der Waals surface area contributed by atoms with Crippen LogP contribution in [0, 0.1) is 5.82 Å². The van der Waals surface area contributed by atoms with Crippen LogP contribution in [0.1, 0.15) is 37.4 Å². The van der Waals surface area contributed by atoms with Gasteiger partial charge >= 0.3 is 11.9 Å². The molecule has 4 aromatic carbocycles. The van der Waals surface area contributed by atoms with Crippen LogP contribution >= 0.6 is 0 Å². The van der Waals surface area contributed by atoms with Crippen molar-refractivity contribution in [1.29, 1.82) is 0 Å². The lowest BCUT2D eigenvalue weighted by atomic mass is 10.1. The molecule has 198 valence electrons. The van der Waals surface area contributed by atoms with E-state index in [9.17, 15) is 18.8 Å². The van der Waals surface area contributed by atoms with Crippen LogP contribution in [0.4, 0.5) is 10.1 Å². The predicted molar refractivity (Wildman–Crippen MR) is 144 cm³/mol. The summed E-state index contributed by atoms with van der Waals surface area (Å²) >= 11 is 0. The van der Waals surface area contributed by atoms with Crippen LogP contribution in [0.2, 0.25) is 0 Å². The zero-order valence-corrected chi connectivity index (χ0v) is 21.0. The number of rotatable bonds is 10. The van der Waals surface area contributed by atoms with Crippen molar-refractivity contribution < 1.29 is 28.2 Å². The SMILES string of the molecule is N[C@@H](Cc1ccc(F)cc1)C(=O)Nc1cc(C(=O)OCc2ccccc2)cc(C(=O)OCc2ccccc2)c1. The fourth-order valence-corrected chi connectivity index (χ4v) is 3.75. The van der Waals surface area contributed by atoms with Gasteiger partial charge in [0.05, 0.1) is 17.2 Å². The highest BCUT2D eigenvalue weighted by molar-refractivity contribution is 6.00. The molecule has 0 aliphatic heterocycles. The molecule has 8 heteroatoms. The lowest BCUT2D eigenvalue weighted by Gasteiger charge is -2.14. The number of amides is 1. The molecular formula is C31H27FN2O5. The molecule has 0 aliphatic carbocycles. The summed E-state index contributed by atoms with van der Waals surface area (Å²) in [6, 6.07) is 27.2. The number of nitrogens with one attached hydrogen (secondary N) is 1. The van der Waals surface area contributed by atoms with Gasteiger partial charge in [0.15, 0.2) is 0 Å². The van der Waals surface area contributed by atoms with Crippen molar-refractivity contribution in [3.05, 3.63) is 137 Å². The Labute approximate surface area is 225 Å². The maximum Gasteiger partial charge on any atom is 0.338 e. The third-order valence-corrected chi connectivity index (χ3v) is 5.80. The second kappa shape index (κ2) is 13.1. The molecule has 0 saturated carbocycles. The highest BCUT2D eigenvalue weighted by Gasteiger charge is 2.19. The Morgan fingerprint density at radius 2 is 1.18 bits per heavy atom. The van der Waals surface area contributed by atoms with Gasteiger partial charge in [-0.25, -0.2) is 14.0 Å². The van der Waals surface area contributed by atoms with Crippen LogP contribution in [0.25, 0.3) is 0 Å². The van der Waals surface area contributed by atoms with Crippen LogP contribution in [0.3, 0.4) is 0 Å². The summed E-state index contributed by atoms with van der Waals surface area (Å²) in [5.74, 6) is -2.29. The minimum Gasteiger partial charge on any atom is -0.457 e. The lowest BCUT2D eigenvalue weighted by Crippen LogP contribution is -2.37. The van der Waals surface area contributed by atoms with Crippen LogP contribution in [-0.4, -0.2) is 23.9 Å². The number of carbonyl (C=O) groups excluding carboxylic acids is 3. The van der Waals surface area contributed by atoms with Gasteiger partial charge in [-0.1, -0.05) is 72.8 Å². The van der Waals surface area contributed by atoms with Gasteiger partial charge in [0.1, 0.15) is 19.0 Å². The summed E-state index contributed by atoms with van der Waals surface area (Å²) in [6.07, 6.45) is 0.164. The molecule has 0 aliphatic rings. The molecule has 7 nitrogen and oxygen atoms in total. The third-order valence-electron chi connectivity index (χ3n) is 5.80. The number of benzene rings is 4. The first kappa shape index (κ1) is 27.2. The molecule has 3 N–H and O–H groups in total. The summed E-state index contributed by atoms with van der Waals surface area (Å²) in [6.45, 7) is 0.0686. The molecule has 4 rings (SSSR count). The maximum absolute atomic E-state index is 13.2. The van der Waals surface area contributed by atoms with Crippen LogP contribution in [-0.2, 0) is 33.9 Å². The average molecular weight is 527 g/mol. The molecule has 0 heterocycles. The van der Waals surface area contributed by atoms with Gasteiger partial charge in [-0.3, -0.25) is 4.79 Å². The predicted octanol–water partition coefficient (Wildman–Crippen LogP) is 5.05. The molecule has 0 unspecified atom stereocenters. The van der Waals surface area contributed by atoms with Crippen molar-refractivity contribution in [2.75, 3.05) is 5.32 Å². The summed E-state index contributed by atoms with van der Waals surface area (Å²) < 4.78 is 24.0. The summed E-state index contributed by atoms with van der Waals surface area (Å²) in [4.78, 5) is 38.6. The average Bonchev–Trinajstić information content (AvgIpc) is 2.96. The lowest BCUT2D eigenvalue weighted by molar-refractivity contribution is -0.117. The summed E-state index contributed by atoms with van der Waals surface area (Å²) in [5, 5.41) is 2.66. The zero-order chi connectivity index (χ0) is 27.6. The first-order valence-electron chi connectivity index (χ1n) is 12.3. The van der Waals surface area contributed by atoms with Crippen LogP contribution in [0.5, 0.6) is 0 Å². The Morgan fingerprint density at radius 3 is 1.67 bits per heavy atom. The molecule has 0 spiro atoms. The van der Waals surface area contributed by atoms with Gasteiger partial charge < -0.3 is 20.5 Å². The smallest absolute Gasteiger partial charge is 0.338 e. The summed E-state index contributed by atoms with van der Waals surface area (Å²) in [5.41, 5.74) is 8.63. The first-order valence-corrected chi connectivity index (χ1v) is 12.3. The zero-order valence-electron chi connectivity index (χ0n) is 21.0. The molecule has 0 radical (unpaired) electrons. The molecule has 0 aromatic heterocycles. The van der Waals surface area contributed by atoms with Gasteiger partial charge in [0, 0.05) is 5.69 Å². The quantitative estimate of drug-likeness (QED) is 0.280. The van der Waals surface area contributed by atoms with E-state index in [1.54, 1.807) is 12.1 Å². The van der Waals surface area contributed by atoms with Gasteiger partial charge in [0.2, 0.25) is 5.91 Å². The van der Waals surface area contributed by atoms with Crippen LogP contribution < -0.4 is 11.1 Å². The minimum atomic E-state index is -0.961. The third kappa shape index (κ3) is 8.08. The number of esters is 2. The number of anilines is 1. The second-order valence-electron chi connectivity index (χ2n) is 8.85. The normalized spacial score (nSPS) is 11.3. The van der Waals surface area contributed by atoms with E-state index in [2.05, 4.69) is 5.32 Å². The molecule has 1 atom stereocenters. The molecule has 0 bridgehead atoms. The van der Waals surface area contributed by atoms with E-state index in [0.29, 0.717) is 5.56 Å². The monoisotopic (exact) mass is 526 g/mol. The van der Waals surface area contributed by atoms with Crippen molar-refractivity contribution in [1.82, 2.24) is 0 Å². The van der Waals surface area contributed by atoms with Crippen molar-refractivity contribution in [2.45, 2.75) is 25.7 Å². The molecule has 39 heavy (non-hydrogen) atoms. The molecule has 4 aromatic rings. The topological polar surface area (TPSA) is 108 Å². The Kier molecular flexibility index (Phi) is 9.16. The minimum absolute atomic E-state index is 0.0343. The molecule has 0 saturated heterocycles. The molecule has 0 fully saturated rings. The van der Waals surface area contributed by atoms with Crippen LogP contribution in [0.15, 0.2) is 103 Å². The second-order valence-corrected chi connectivity index (χ2v) is 8.85. The molecule has 1 amide bonds. The van der Waals surface area contributed by atoms with E-state index >= 15 is 0 Å². The van der Waals surface area contributed by atoms with Gasteiger partial charge in [0.25, 0.3) is 0 Å². The Bertz CT molecular complexity index is 1350. The number of ether oxygens (including phenoxy) is 2. The van der Waals surface area contributed by atoms with Crippen molar-refractivity contribution in [2.24, 2.45) is 5.73 Å². The van der Waals surface area contributed by atoms with Crippen molar-refractivity contribution >= 4 is 23.5 Å². The van der Waals surface area contributed by atoms with Gasteiger partial charge in [-0.2, -0.15) is 0 Å². The maximum atomic E-state index is 13.2. The van der Waals surface area contributed by atoms with E-state index in [-0.39, 0.29) is 42.3 Å². The highest BCUT2D eigenvalue weighted by Crippen LogP contribution is 2.19. The standard InChI is InChI=1S/C31H27FN2O5/c32-26-13-11-21(12-14-26)15-28(33)29(35)34-27-17-24(30(36)38-19-22-7-3-1-4-8-22)16-25(18-27)31(37)39-20-23-9-5-2-6-10-23/h1-14,16-18,28H,15,19-20,33H2,(H,34,35)/t28-/m0/s1. The van der Waals surface area contributed by atoms with Crippen molar-refractivity contribution in [3.63, 3.8) is 0 Å².